The second kappa shape index (κ2) is 9.51. The molecule has 0 saturated carbocycles. The van der Waals surface area contributed by atoms with E-state index in [0.29, 0.717) is 24.6 Å². The van der Waals surface area contributed by atoms with Crippen LogP contribution in [0.25, 0.3) is 11.0 Å². The van der Waals surface area contributed by atoms with Crippen molar-refractivity contribution in [3.8, 4) is 5.75 Å². The third kappa shape index (κ3) is 4.40. The molecule has 1 saturated heterocycles. The maximum Gasteiger partial charge on any atom is 0.227 e. The summed E-state index contributed by atoms with van der Waals surface area (Å²) in [5.41, 5.74) is 5.35. The van der Waals surface area contributed by atoms with Gasteiger partial charge in [-0.25, -0.2) is 4.98 Å². The molecule has 2 heterocycles. The Morgan fingerprint density at radius 3 is 2.65 bits per heavy atom. The van der Waals surface area contributed by atoms with Gasteiger partial charge in [-0.15, -0.1) is 0 Å². The van der Waals surface area contributed by atoms with Gasteiger partial charge >= 0.3 is 0 Å². The molecule has 0 spiro atoms. The van der Waals surface area contributed by atoms with E-state index in [1.807, 2.05) is 59.5 Å². The number of aromatic nitrogens is 2. The zero-order valence-electron chi connectivity index (χ0n) is 19.5. The van der Waals surface area contributed by atoms with Crippen molar-refractivity contribution in [1.29, 1.82) is 0 Å². The third-order valence-electron chi connectivity index (χ3n) is 6.65. The Balaban J connectivity index is 1.34. The number of ether oxygens (including phenoxy) is 1. The fourth-order valence-corrected chi connectivity index (χ4v) is 4.80. The van der Waals surface area contributed by atoms with Gasteiger partial charge in [0.15, 0.2) is 0 Å². The molecule has 1 fully saturated rings. The quantitative estimate of drug-likeness (QED) is 0.296. The van der Waals surface area contributed by atoms with E-state index in [1.165, 1.54) is 11.1 Å². The normalized spacial score (nSPS) is 15.9. The van der Waals surface area contributed by atoms with E-state index >= 15 is 0 Å². The predicted molar refractivity (Wildman–Crippen MR) is 137 cm³/mol. The minimum Gasteiger partial charge on any atom is -0.493 e. The SMILES string of the molecule is Cc1cccc(OCCCn2c(C3CC(=O)N(c4ccc(Cl)cc4)C3)nc3ccccc32)c1C. The number of fused-ring (bicyclic) bond motifs is 1. The van der Waals surface area contributed by atoms with Gasteiger partial charge in [-0.1, -0.05) is 35.9 Å². The third-order valence-corrected chi connectivity index (χ3v) is 6.90. The maximum absolute atomic E-state index is 12.9. The lowest BCUT2D eigenvalue weighted by Gasteiger charge is -2.18. The summed E-state index contributed by atoms with van der Waals surface area (Å²) in [5, 5.41) is 0.664. The summed E-state index contributed by atoms with van der Waals surface area (Å²) < 4.78 is 8.36. The number of hydrogen-bond donors (Lipinski definition) is 0. The van der Waals surface area contributed by atoms with Gasteiger partial charge in [-0.3, -0.25) is 4.79 Å². The molecule has 5 rings (SSSR count). The molecule has 0 aliphatic carbocycles. The second-order valence-electron chi connectivity index (χ2n) is 8.89. The predicted octanol–water partition coefficient (Wildman–Crippen LogP) is 6.30. The monoisotopic (exact) mass is 473 g/mol. The molecule has 1 aromatic heterocycles. The maximum atomic E-state index is 12.9. The van der Waals surface area contributed by atoms with Crippen molar-refractivity contribution < 1.29 is 9.53 Å². The average molecular weight is 474 g/mol. The topological polar surface area (TPSA) is 47.4 Å². The molecule has 1 aliphatic rings. The molecule has 6 heteroatoms. The van der Waals surface area contributed by atoms with E-state index < -0.39 is 0 Å². The lowest BCUT2D eigenvalue weighted by atomic mass is 10.1. The van der Waals surface area contributed by atoms with Crippen LogP contribution in [0.4, 0.5) is 5.69 Å². The van der Waals surface area contributed by atoms with E-state index in [0.717, 1.165) is 41.3 Å². The highest BCUT2D eigenvalue weighted by Gasteiger charge is 2.34. The first-order valence-electron chi connectivity index (χ1n) is 11.7. The molecule has 1 aliphatic heterocycles. The van der Waals surface area contributed by atoms with E-state index in [4.69, 9.17) is 21.3 Å². The molecule has 4 aromatic rings. The molecule has 0 radical (unpaired) electrons. The van der Waals surface area contributed by atoms with Crippen molar-refractivity contribution in [3.05, 3.63) is 88.7 Å². The Bertz CT molecular complexity index is 1330. The van der Waals surface area contributed by atoms with Crippen molar-refractivity contribution >= 4 is 34.2 Å². The molecule has 0 bridgehead atoms. The summed E-state index contributed by atoms with van der Waals surface area (Å²) in [4.78, 5) is 19.7. The first-order valence-corrected chi connectivity index (χ1v) is 12.1. The lowest BCUT2D eigenvalue weighted by Crippen LogP contribution is -2.24. The number of imidazole rings is 1. The van der Waals surface area contributed by atoms with Crippen molar-refractivity contribution in [3.63, 3.8) is 0 Å². The van der Waals surface area contributed by atoms with Crippen LogP contribution in [0.2, 0.25) is 5.02 Å². The minimum absolute atomic E-state index is 0.0375. The molecule has 1 atom stereocenters. The summed E-state index contributed by atoms with van der Waals surface area (Å²) in [5.74, 6) is 2.06. The van der Waals surface area contributed by atoms with Crippen LogP contribution in [0.5, 0.6) is 5.75 Å². The van der Waals surface area contributed by atoms with Gasteiger partial charge in [0, 0.05) is 36.1 Å². The van der Waals surface area contributed by atoms with Crippen molar-refractivity contribution in [1.82, 2.24) is 9.55 Å². The smallest absolute Gasteiger partial charge is 0.227 e. The number of nitrogens with zero attached hydrogens (tertiary/aromatic N) is 3. The van der Waals surface area contributed by atoms with Crippen LogP contribution in [0, 0.1) is 13.8 Å². The molecule has 3 aromatic carbocycles. The number of hydrogen-bond acceptors (Lipinski definition) is 3. The summed E-state index contributed by atoms with van der Waals surface area (Å²) in [7, 11) is 0. The van der Waals surface area contributed by atoms with E-state index in [9.17, 15) is 4.79 Å². The average Bonchev–Trinajstić information content (AvgIpc) is 3.40. The largest absolute Gasteiger partial charge is 0.493 e. The number of amides is 1. The molecule has 0 N–H and O–H groups in total. The molecule has 5 nitrogen and oxygen atoms in total. The summed E-state index contributed by atoms with van der Waals surface area (Å²) in [6, 6.07) is 21.8. The first-order chi connectivity index (χ1) is 16.5. The highest BCUT2D eigenvalue weighted by Crippen LogP contribution is 2.33. The van der Waals surface area contributed by atoms with Crippen LogP contribution in [-0.4, -0.2) is 28.6 Å². The van der Waals surface area contributed by atoms with Crippen molar-refractivity contribution in [2.45, 2.75) is 39.2 Å². The van der Waals surface area contributed by atoms with Gasteiger partial charge in [0.2, 0.25) is 5.91 Å². The molecular formula is C28H28ClN3O2. The van der Waals surface area contributed by atoms with Crippen LogP contribution < -0.4 is 9.64 Å². The molecule has 1 amide bonds. The Labute approximate surface area is 204 Å². The molecular weight excluding hydrogens is 446 g/mol. The molecule has 1 unspecified atom stereocenters. The summed E-state index contributed by atoms with van der Waals surface area (Å²) in [6.07, 6.45) is 1.30. The number of benzene rings is 3. The highest BCUT2D eigenvalue weighted by atomic mass is 35.5. The zero-order valence-corrected chi connectivity index (χ0v) is 20.3. The van der Waals surface area contributed by atoms with Crippen molar-refractivity contribution in [2.75, 3.05) is 18.1 Å². The fourth-order valence-electron chi connectivity index (χ4n) is 4.68. The summed E-state index contributed by atoms with van der Waals surface area (Å²) >= 11 is 6.03. The van der Waals surface area contributed by atoms with Crippen LogP contribution in [0.15, 0.2) is 66.7 Å². The van der Waals surface area contributed by atoms with Crippen molar-refractivity contribution in [2.24, 2.45) is 0 Å². The summed E-state index contributed by atoms with van der Waals surface area (Å²) in [6.45, 7) is 6.21. The lowest BCUT2D eigenvalue weighted by molar-refractivity contribution is -0.117. The van der Waals surface area contributed by atoms with E-state index in [2.05, 4.69) is 30.5 Å². The highest BCUT2D eigenvalue weighted by molar-refractivity contribution is 6.30. The number of para-hydroxylation sites is 2. The van der Waals surface area contributed by atoms with Gasteiger partial charge < -0.3 is 14.2 Å². The Hall–Kier alpha value is -3.31. The number of aryl methyl sites for hydroxylation is 2. The number of anilines is 1. The number of halogens is 1. The zero-order chi connectivity index (χ0) is 23.7. The van der Waals surface area contributed by atoms with Gasteiger partial charge in [0.1, 0.15) is 11.6 Å². The van der Waals surface area contributed by atoms with Crippen LogP contribution >= 0.6 is 11.6 Å². The standard InChI is InChI=1S/C28H28ClN3O2/c1-19-7-5-10-26(20(19)2)34-16-6-15-31-25-9-4-3-8-24(25)30-28(31)21-17-27(33)32(18-21)23-13-11-22(29)12-14-23/h3-5,7-14,21H,6,15-18H2,1-2H3. The van der Waals surface area contributed by atoms with Gasteiger partial charge in [0.25, 0.3) is 0 Å². The Morgan fingerprint density at radius 2 is 1.82 bits per heavy atom. The van der Waals surface area contributed by atoms with E-state index in [1.54, 1.807) is 0 Å². The molecule has 174 valence electrons. The first kappa shape index (κ1) is 22.5. The molecule has 34 heavy (non-hydrogen) atoms. The van der Waals surface area contributed by atoms with Gasteiger partial charge in [-0.05, 0) is 73.9 Å². The van der Waals surface area contributed by atoms with Crippen LogP contribution in [-0.2, 0) is 11.3 Å². The number of rotatable bonds is 7. The van der Waals surface area contributed by atoms with Gasteiger partial charge in [-0.2, -0.15) is 0 Å². The van der Waals surface area contributed by atoms with E-state index in [-0.39, 0.29) is 11.8 Å². The minimum atomic E-state index is 0.0375. The fraction of sp³-hybridized carbons (Fsp3) is 0.286. The second-order valence-corrected chi connectivity index (χ2v) is 9.33. The van der Waals surface area contributed by atoms with Crippen LogP contribution in [0.3, 0.4) is 0 Å². The number of carbonyl (C=O) groups excluding carboxylic acids is 1. The Morgan fingerprint density at radius 1 is 1.03 bits per heavy atom. The number of carbonyl (C=O) groups is 1. The van der Waals surface area contributed by atoms with Gasteiger partial charge in [0.05, 0.1) is 17.6 Å². The van der Waals surface area contributed by atoms with Crippen LogP contribution in [0.1, 0.15) is 35.7 Å². The Kier molecular flexibility index (Phi) is 6.29.